The first-order valence-electron chi connectivity index (χ1n) is 9.12. The van der Waals surface area contributed by atoms with Crippen LogP contribution in [0.15, 0.2) is 64.6 Å². The first kappa shape index (κ1) is 21.3. The maximum absolute atomic E-state index is 12.9. The number of benzene rings is 2. The van der Waals surface area contributed by atoms with E-state index in [0.717, 1.165) is 23.4 Å². The molecule has 0 amide bonds. The Morgan fingerprint density at radius 3 is 2.31 bits per heavy atom. The Morgan fingerprint density at radius 2 is 1.69 bits per heavy atom. The van der Waals surface area contributed by atoms with Crippen LogP contribution < -0.4 is 0 Å². The lowest BCUT2D eigenvalue weighted by Crippen LogP contribution is -2.38. The minimum Gasteiger partial charge on any atom is -0.388 e. The van der Waals surface area contributed by atoms with Gasteiger partial charge in [0.05, 0.1) is 16.2 Å². The zero-order chi connectivity index (χ0) is 21.1. The number of oxime groups is 1. The molecule has 9 heteroatoms. The summed E-state index contributed by atoms with van der Waals surface area (Å²) < 4.78 is 65.3. The molecule has 0 aromatic heterocycles. The van der Waals surface area contributed by atoms with Crippen LogP contribution in [0.5, 0.6) is 0 Å². The van der Waals surface area contributed by atoms with E-state index in [1.165, 1.54) is 10.4 Å². The molecule has 1 aliphatic rings. The topological polar surface area (TPSA) is 59.0 Å². The molecule has 29 heavy (non-hydrogen) atoms. The molecule has 0 saturated carbocycles. The van der Waals surface area contributed by atoms with Gasteiger partial charge in [-0.25, -0.2) is 8.42 Å². The molecule has 2 aromatic carbocycles. The smallest absolute Gasteiger partial charge is 0.388 e. The van der Waals surface area contributed by atoms with Crippen molar-refractivity contribution in [3.63, 3.8) is 0 Å². The van der Waals surface area contributed by atoms with Gasteiger partial charge >= 0.3 is 6.18 Å². The zero-order valence-corrected chi connectivity index (χ0v) is 16.6. The fourth-order valence-electron chi connectivity index (χ4n) is 3.00. The molecule has 0 aliphatic carbocycles. The van der Waals surface area contributed by atoms with Crippen LogP contribution in [0, 0.1) is 0 Å². The molecule has 3 rings (SSSR count). The number of hydrogen-bond donors (Lipinski definition) is 0. The molecule has 0 bridgehead atoms. The van der Waals surface area contributed by atoms with E-state index in [1.807, 2.05) is 37.3 Å². The molecule has 0 radical (unpaired) electrons. The quantitative estimate of drug-likeness (QED) is 0.656. The normalized spacial score (nSPS) is 17.0. The number of piperidine rings is 1. The molecule has 1 aliphatic heterocycles. The summed E-state index contributed by atoms with van der Waals surface area (Å²) in [5, 5.41) is 4.14. The summed E-state index contributed by atoms with van der Waals surface area (Å²) in [6.45, 7) is 2.15. The van der Waals surface area contributed by atoms with Gasteiger partial charge in [-0.3, -0.25) is 0 Å². The summed E-state index contributed by atoms with van der Waals surface area (Å²) in [7, 11) is -4.00. The van der Waals surface area contributed by atoms with Crippen LogP contribution in [0.25, 0.3) is 0 Å². The molecule has 1 saturated heterocycles. The monoisotopic (exact) mass is 426 g/mol. The first-order valence-corrected chi connectivity index (χ1v) is 10.6. The molecule has 1 unspecified atom stereocenters. The van der Waals surface area contributed by atoms with Gasteiger partial charge in [0.25, 0.3) is 0 Å². The van der Waals surface area contributed by atoms with Crippen LogP contribution in [0.3, 0.4) is 0 Å². The summed E-state index contributed by atoms with van der Waals surface area (Å²) in [5.74, 6) is 0. The summed E-state index contributed by atoms with van der Waals surface area (Å²) in [5.41, 5.74) is 0.714. The van der Waals surface area contributed by atoms with Crippen molar-refractivity contribution in [1.29, 1.82) is 0 Å². The lowest BCUT2D eigenvalue weighted by atomic mass is 10.1. The van der Waals surface area contributed by atoms with Crippen LogP contribution in [0.2, 0.25) is 0 Å². The van der Waals surface area contributed by atoms with E-state index in [2.05, 4.69) is 5.16 Å². The summed E-state index contributed by atoms with van der Waals surface area (Å²) in [6, 6.07) is 13.4. The third-order valence-electron chi connectivity index (χ3n) is 4.71. The van der Waals surface area contributed by atoms with E-state index < -0.39 is 21.8 Å². The number of hydrogen-bond acceptors (Lipinski definition) is 4. The molecule has 2 aromatic rings. The summed E-state index contributed by atoms with van der Waals surface area (Å²) in [4.78, 5) is 5.16. The number of sulfonamides is 1. The molecule has 156 valence electrons. The number of rotatable bonds is 5. The fourth-order valence-corrected chi connectivity index (χ4v) is 4.48. The van der Waals surface area contributed by atoms with Crippen LogP contribution in [-0.4, -0.2) is 31.5 Å². The van der Waals surface area contributed by atoms with Gasteiger partial charge < -0.3 is 4.84 Å². The highest BCUT2D eigenvalue weighted by Gasteiger charge is 2.33. The van der Waals surface area contributed by atoms with Crippen LogP contribution in [0.4, 0.5) is 13.2 Å². The molecule has 5 nitrogen and oxygen atoms in total. The minimum atomic E-state index is -4.60. The van der Waals surface area contributed by atoms with Gasteiger partial charge in [-0.1, -0.05) is 41.6 Å². The Labute approximate surface area is 167 Å². The third-order valence-corrected chi connectivity index (χ3v) is 6.60. The SMILES string of the molecule is CC(ON=C1CCN(S(=O)(=O)c2cccc(C(F)(F)F)c2)CC1)c1ccccc1. The highest BCUT2D eigenvalue weighted by atomic mass is 32.2. The second kappa shape index (κ2) is 8.54. The Morgan fingerprint density at radius 1 is 1.03 bits per heavy atom. The number of alkyl halides is 3. The molecular formula is C20H21F3N2O3S. The maximum Gasteiger partial charge on any atom is 0.416 e. The molecule has 1 atom stereocenters. The van der Waals surface area contributed by atoms with E-state index in [9.17, 15) is 21.6 Å². The molecule has 1 fully saturated rings. The van der Waals surface area contributed by atoms with Crippen molar-refractivity contribution < 1.29 is 26.4 Å². The molecule has 0 N–H and O–H groups in total. The molecule has 0 spiro atoms. The van der Waals surface area contributed by atoms with Crippen LogP contribution in [-0.2, 0) is 21.0 Å². The average Bonchev–Trinajstić information content (AvgIpc) is 2.72. The number of halogens is 3. The van der Waals surface area contributed by atoms with Crippen LogP contribution >= 0.6 is 0 Å². The Balaban J connectivity index is 1.64. The van der Waals surface area contributed by atoms with Crippen molar-refractivity contribution >= 4 is 15.7 Å². The predicted molar refractivity (Wildman–Crippen MR) is 103 cm³/mol. The third kappa shape index (κ3) is 5.16. The van der Waals surface area contributed by atoms with Gasteiger partial charge in [0, 0.05) is 25.9 Å². The lowest BCUT2D eigenvalue weighted by molar-refractivity contribution is -0.137. The van der Waals surface area contributed by atoms with E-state index in [4.69, 9.17) is 4.84 Å². The minimum absolute atomic E-state index is 0.139. The summed E-state index contributed by atoms with van der Waals surface area (Å²) >= 11 is 0. The largest absolute Gasteiger partial charge is 0.416 e. The van der Waals surface area contributed by atoms with Crippen molar-refractivity contribution in [2.45, 2.75) is 36.9 Å². The number of nitrogens with zero attached hydrogens (tertiary/aromatic N) is 2. The highest BCUT2D eigenvalue weighted by Crippen LogP contribution is 2.31. The van der Waals surface area contributed by atoms with Gasteiger partial charge in [0.15, 0.2) is 0 Å². The van der Waals surface area contributed by atoms with E-state index in [1.54, 1.807) is 0 Å². The van der Waals surface area contributed by atoms with E-state index in [0.29, 0.717) is 18.9 Å². The Kier molecular flexibility index (Phi) is 6.28. The highest BCUT2D eigenvalue weighted by molar-refractivity contribution is 7.89. The van der Waals surface area contributed by atoms with Crippen molar-refractivity contribution in [3.8, 4) is 0 Å². The van der Waals surface area contributed by atoms with Crippen molar-refractivity contribution in [1.82, 2.24) is 4.31 Å². The van der Waals surface area contributed by atoms with E-state index >= 15 is 0 Å². The Hall–Kier alpha value is -2.39. The van der Waals surface area contributed by atoms with Crippen molar-refractivity contribution in [2.24, 2.45) is 5.16 Å². The van der Waals surface area contributed by atoms with Gasteiger partial charge in [-0.2, -0.15) is 17.5 Å². The maximum atomic E-state index is 12.9. The van der Waals surface area contributed by atoms with E-state index in [-0.39, 0.29) is 24.1 Å². The van der Waals surface area contributed by atoms with Crippen molar-refractivity contribution in [2.75, 3.05) is 13.1 Å². The summed E-state index contributed by atoms with van der Waals surface area (Å²) in [6.07, 6.45) is -4.12. The fraction of sp³-hybridized carbons (Fsp3) is 0.350. The second-order valence-electron chi connectivity index (χ2n) is 6.75. The standard InChI is InChI=1S/C20H21F3N2O3S/c1-15(16-6-3-2-4-7-16)28-24-18-10-12-25(13-11-18)29(26,27)19-9-5-8-17(14-19)20(21,22)23/h2-9,14-15H,10-13H2,1H3. The lowest BCUT2D eigenvalue weighted by Gasteiger charge is -2.27. The van der Waals surface area contributed by atoms with Gasteiger partial charge in [0.1, 0.15) is 6.10 Å². The first-order chi connectivity index (χ1) is 13.7. The zero-order valence-electron chi connectivity index (χ0n) is 15.8. The van der Waals surface area contributed by atoms with Crippen LogP contribution in [0.1, 0.15) is 37.0 Å². The van der Waals surface area contributed by atoms with Gasteiger partial charge in [0.2, 0.25) is 10.0 Å². The molecular weight excluding hydrogens is 405 g/mol. The van der Waals surface area contributed by atoms with Gasteiger partial charge in [-0.05, 0) is 30.7 Å². The Bertz CT molecular complexity index is 966. The average molecular weight is 426 g/mol. The van der Waals surface area contributed by atoms with Crippen molar-refractivity contribution in [3.05, 3.63) is 65.7 Å². The van der Waals surface area contributed by atoms with Gasteiger partial charge in [-0.15, -0.1) is 0 Å². The second-order valence-corrected chi connectivity index (χ2v) is 8.68. The molecule has 1 heterocycles. The predicted octanol–water partition coefficient (Wildman–Crippen LogP) is 4.62.